The van der Waals surface area contributed by atoms with Crippen LogP contribution in [0.4, 0.5) is 5.69 Å². The van der Waals surface area contributed by atoms with Gasteiger partial charge in [0.1, 0.15) is 6.04 Å². The molecule has 1 atom stereocenters. The predicted molar refractivity (Wildman–Crippen MR) is 109 cm³/mol. The number of nitrogens with one attached hydrogen (secondary N) is 2. The van der Waals surface area contributed by atoms with Crippen LogP contribution in [0.1, 0.15) is 34.2 Å². The summed E-state index contributed by atoms with van der Waals surface area (Å²) >= 11 is 0. The van der Waals surface area contributed by atoms with Gasteiger partial charge in [-0.1, -0.05) is 18.2 Å². The number of carbonyl (C=O) groups excluding carboxylic acids is 2. The second-order valence-corrected chi connectivity index (χ2v) is 7.47. The fraction of sp³-hybridized carbons (Fsp3) is 0.476. The number of nitrogens with zero attached hydrogens (tertiary/aromatic N) is 3. The van der Waals surface area contributed by atoms with Crippen LogP contribution in [-0.2, 0) is 28.9 Å². The van der Waals surface area contributed by atoms with Crippen LogP contribution in [-0.4, -0.2) is 71.2 Å². The fourth-order valence-electron chi connectivity index (χ4n) is 4.08. The van der Waals surface area contributed by atoms with Crippen molar-refractivity contribution in [1.82, 2.24) is 20.0 Å². The van der Waals surface area contributed by atoms with Crippen molar-refractivity contribution in [1.29, 1.82) is 0 Å². The second-order valence-electron chi connectivity index (χ2n) is 7.47. The number of para-hydroxylation sites is 1. The molecule has 1 aromatic heterocycles. The Kier molecular flexibility index (Phi) is 5.53. The van der Waals surface area contributed by atoms with Crippen molar-refractivity contribution in [2.24, 2.45) is 0 Å². The minimum Gasteiger partial charge on any atom is -0.383 e. The summed E-state index contributed by atoms with van der Waals surface area (Å²) in [6.45, 7) is 4.53. The van der Waals surface area contributed by atoms with Gasteiger partial charge in [-0.05, 0) is 18.6 Å². The molecule has 0 spiro atoms. The molecule has 2 amide bonds. The summed E-state index contributed by atoms with van der Waals surface area (Å²) in [5.74, 6) is -0.0547. The fourth-order valence-corrected chi connectivity index (χ4v) is 4.08. The van der Waals surface area contributed by atoms with Crippen molar-refractivity contribution in [3.63, 3.8) is 0 Å². The largest absolute Gasteiger partial charge is 0.383 e. The Hall–Kier alpha value is -2.87. The highest BCUT2D eigenvalue weighted by molar-refractivity contribution is 5.94. The summed E-state index contributed by atoms with van der Waals surface area (Å²) in [5, 5.41) is 10.6. The number of anilines is 1. The Morgan fingerprint density at radius 3 is 2.93 bits per heavy atom. The third-order valence-corrected chi connectivity index (χ3v) is 5.75. The molecule has 0 aliphatic carbocycles. The van der Waals surface area contributed by atoms with E-state index in [9.17, 15) is 9.59 Å². The third-order valence-electron chi connectivity index (χ3n) is 5.75. The van der Waals surface area contributed by atoms with E-state index < -0.39 is 0 Å². The number of H-pyrrole nitrogens is 1. The summed E-state index contributed by atoms with van der Waals surface area (Å²) in [5.41, 5.74) is 4.39. The number of hydrogen-bond acceptors (Lipinski definition) is 5. The van der Waals surface area contributed by atoms with Gasteiger partial charge in [-0.25, -0.2) is 0 Å². The molecule has 2 N–H and O–H groups in total. The molecule has 0 saturated heterocycles. The van der Waals surface area contributed by atoms with Gasteiger partial charge < -0.3 is 19.9 Å². The lowest BCUT2D eigenvalue weighted by Crippen LogP contribution is -2.45. The van der Waals surface area contributed by atoms with Crippen LogP contribution < -0.4 is 5.32 Å². The lowest BCUT2D eigenvalue weighted by atomic mass is 10.0. The van der Waals surface area contributed by atoms with Crippen molar-refractivity contribution in [2.75, 3.05) is 38.7 Å². The van der Waals surface area contributed by atoms with E-state index in [0.717, 1.165) is 16.9 Å². The van der Waals surface area contributed by atoms with Crippen LogP contribution >= 0.6 is 0 Å². The van der Waals surface area contributed by atoms with Crippen LogP contribution in [0, 0.1) is 0 Å². The molecule has 2 aliphatic rings. The molecule has 1 unspecified atom stereocenters. The molecule has 0 saturated carbocycles. The normalized spacial score (nSPS) is 17.4. The Labute approximate surface area is 170 Å². The Morgan fingerprint density at radius 2 is 2.17 bits per heavy atom. The topological polar surface area (TPSA) is 90.6 Å². The number of likely N-dealkylation sites (N-methyl/N-ethyl adjacent to an activating group) is 1. The minimum absolute atomic E-state index is 0.0678. The molecule has 2 aromatic rings. The van der Waals surface area contributed by atoms with E-state index in [0.29, 0.717) is 51.3 Å². The van der Waals surface area contributed by atoms with Gasteiger partial charge in [0.2, 0.25) is 5.91 Å². The first-order chi connectivity index (χ1) is 14.1. The summed E-state index contributed by atoms with van der Waals surface area (Å²) in [6, 6.07) is 7.76. The summed E-state index contributed by atoms with van der Waals surface area (Å²) in [4.78, 5) is 29.7. The van der Waals surface area contributed by atoms with Gasteiger partial charge in [0.25, 0.3) is 5.91 Å². The van der Waals surface area contributed by atoms with E-state index in [-0.39, 0.29) is 17.9 Å². The number of hydrogen-bond donors (Lipinski definition) is 2. The van der Waals surface area contributed by atoms with E-state index in [2.05, 4.69) is 21.6 Å². The first-order valence-corrected chi connectivity index (χ1v) is 10.1. The maximum absolute atomic E-state index is 13.1. The summed E-state index contributed by atoms with van der Waals surface area (Å²) in [7, 11) is 1.62. The van der Waals surface area contributed by atoms with E-state index in [1.807, 2.05) is 30.0 Å². The molecule has 3 heterocycles. The first-order valence-electron chi connectivity index (χ1n) is 10.1. The molecule has 8 heteroatoms. The number of methoxy groups -OCH3 is 1. The van der Waals surface area contributed by atoms with Gasteiger partial charge in [0, 0.05) is 63.1 Å². The molecule has 8 nitrogen and oxygen atoms in total. The van der Waals surface area contributed by atoms with Gasteiger partial charge >= 0.3 is 0 Å². The van der Waals surface area contributed by atoms with Crippen LogP contribution in [0.2, 0.25) is 0 Å². The standard InChI is InChI=1S/C21H27N5O3/c1-3-25(10-11-29-2)21(28)19-15-13-26(9-8-17(15)23-24-19)20(27)18-12-14-6-4-5-7-16(14)22-18/h4-7,18,22H,3,8-13H2,1-2H3,(H,23,24). The van der Waals surface area contributed by atoms with Crippen molar-refractivity contribution < 1.29 is 14.3 Å². The van der Waals surface area contributed by atoms with Gasteiger partial charge in [0.15, 0.2) is 5.69 Å². The average molecular weight is 397 g/mol. The van der Waals surface area contributed by atoms with E-state index in [1.54, 1.807) is 12.0 Å². The molecule has 1 aromatic carbocycles. The number of amides is 2. The average Bonchev–Trinajstić information content (AvgIpc) is 3.37. The zero-order valence-corrected chi connectivity index (χ0v) is 16.9. The van der Waals surface area contributed by atoms with Gasteiger partial charge in [-0.2, -0.15) is 5.10 Å². The Morgan fingerprint density at radius 1 is 1.34 bits per heavy atom. The highest BCUT2D eigenvalue weighted by Crippen LogP contribution is 2.28. The molecule has 29 heavy (non-hydrogen) atoms. The van der Waals surface area contributed by atoms with Gasteiger partial charge in [0.05, 0.1) is 6.61 Å². The SMILES string of the molecule is CCN(CCOC)C(=O)c1n[nH]c2c1CN(C(=O)C1Cc3ccccc3N1)CC2. The van der Waals surface area contributed by atoms with Crippen LogP contribution in [0.15, 0.2) is 24.3 Å². The lowest BCUT2D eigenvalue weighted by Gasteiger charge is -2.30. The molecular weight excluding hydrogens is 370 g/mol. The quantitative estimate of drug-likeness (QED) is 0.770. The third kappa shape index (κ3) is 3.72. The van der Waals surface area contributed by atoms with E-state index in [4.69, 9.17) is 4.74 Å². The van der Waals surface area contributed by atoms with Crippen LogP contribution in [0.5, 0.6) is 0 Å². The number of ether oxygens (including phenoxy) is 1. The van der Waals surface area contributed by atoms with Crippen molar-refractivity contribution in [3.8, 4) is 0 Å². The van der Waals surface area contributed by atoms with Crippen LogP contribution in [0.25, 0.3) is 0 Å². The molecular formula is C21H27N5O3. The smallest absolute Gasteiger partial charge is 0.274 e. The highest BCUT2D eigenvalue weighted by Gasteiger charge is 2.34. The minimum atomic E-state index is -0.256. The molecule has 4 rings (SSSR count). The monoisotopic (exact) mass is 397 g/mol. The van der Waals surface area contributed by atoms with Crippen molar-refractivity contribution in [2.45, 2.75) is 32.4 Å². The molecule has 0 radical (unpaired) electrons. The first kappa shape index (κ1) is 19.4. The van der Waals surface area contributed by atoms with E-state index >= 15 is 0 Å². The molecule has 154 valence electrons. The zero-order valence-electron chi connectivity index (χ0n) is 16.9. The van der Waals surface area contributed by atoms with E-state index in [1.165, 1.54) is 5.56 Å². The number of rotatable bonds is 6. The second kappa shape index (κ2) is 8.24. The number of carbonyl (C=O) groups is 2. The van der Waals surface area contributed by atoms with Crippen LogP contribution in [0.3, 0.4) is 0 Å². The highest BCUT2D eigenvalue weighted by atomic mass is 16.5. The number of benzene rings is 1. The summed E-state index contributed by atoms with van der Waals surface area (Å²) < 4.78 is 5.10. The number of aromatic amines is 1. The van der Waals surface area contributed by atoms with Crippen molar-refractivity contribution in [3.05, 3.63) is 46.8 Å². The maximum atomic E-state index is 13.1. The molecule has 0 bridgehead atoms. The zero-order chi connectivity index (χ0) is 20.4. The predicted octanol–water partition coefficient (Wildman–Crippen LogP) is 1.44. The lowest BCUT2D eigenvalue weighted by molar-refractivity contribution is -0.132. The maximum Gasteiger partial charge on any atom is 0.274 e. The number of fused-ring (bicyclic) bond motifs is 2. The van der Waals surface area contributed by atoms with Gasteiger partial charge in [-0.3, -0.25) is 14.7 Å². The number of aromatic nitrogens is 2. The molecule has 2 aliphatic heterocycles. The molecule has 0 fully saturated rings. The van der Waals surface area contributed by atoms with Crippen molar-refractivity contribution >= 4 is 17.5 Å². The summed E-state index contributed by atoms with van der Waals surface area (Å²) in [6.07, 6.45) is 1.36. The Balaban J connectivity index is 1.48. The van der Waals surface area contributed by atoms with Gasteiger partial charge in [-0.15, -0.1) is 0 Å². The Bertz CT molecular complexity index is 884.